The number of hydrogen-bond donors (Lipinski definition) is 1. The van der Waals surface area contributed by atoms with Crippen molar-refractivity contribution in [3.05, 3.63) is 69.2 Å². The molecule has 94 valence electrons. The molecule has 0 radical (unpaired) electrons. The number of benzene rings is 2. The highest BCUT2D eigenvalue weighted by Crippen LogP contribution is 2.25. The average Bonchev–Trinajstić information content (AvgIpc) is 2.32. The van der Waals surface area contributed by atoms with E-state index in [0.717, 1.165) is 26.7 Å². The molecule has 0 saturated carbocycles. The zero-order valence-corrected chi connectivity index (χ0v) is 12.2. The predicted octanol–water partition coefficient (Wildman–Crippen LogP) is 4.34. The van der Waals surface area contributed by atoms with Crippen LogP contribution in [0.15, 0.2) is 46.9 Å². The van der Waals surface area contributed by atoms with E-state index < -0.39 is 6.10 Å². The third kappa shape index (κ3) is 3.01. The molecule has 2 rings (SSSR count). The van der Waals surface area contributed by atoms with Gasteiger partial charge in [0, 0.05) is 10.9 Å². The molecule has 2 aromatic rings. The maximum atomic E-state index is 10.4. The summed E-state index contributed by atoms with van der Waals surface area (Å²) < 4.78 is 1.06. The van der Waals surface area contributed by atoms with Crippen molar-refractivity contribution in [2.24, 2.45) is 0 Å². The van der Waals surface area contributed by atoms with Crippen LogP contribution in [0.4, 0.5) is 0 Å². The molecule has 0 fully saturated rings. The lowest BCUT2D eigenvalue weighted by molar-refractivity contribution is 0.177. The normalized spacial score (nSPS) is 12.4. The summed E-state index contributed by atoms with van der Waals surface area (Å²) in [5.41, 5.74) is 4.51. The summed E-state index contributed by atoms with van der Waals surface area (Å²) in [6, 6.07) is 14.2. The summed E-state index contributed by atoms with van der Waals surface area (Å²) in [4.78, 5) is 0. The number of rotatable bonds is 3. The molecule has 0 aliphatic carbocycles. The van der Waals surface area contributed by atoms with Crippen LogP contribution >= 0.6 is 15.9 Å². The van der Waals surface area contributed by atoms with E-state index in [0.29, 0.717) is 6.42 Å². The van der Waals surface area contributed by atoms with Crippen LogP contribution in [-0.2, 0) is 6.42 Å². The van der Waals surface area contributed by atoms with Crippen LogP contribution in [0, 0.1) is 13.8 Å². The van der Waals surface area contributed by atoms with Crippen LogP contribution in [0.1, 0.15) is 28.4 Å². The standard InChI is InChI=1S/C16H17BrO/c1-11-4-3-5-12(2)16(11)15(18)10-13-6-8-14(17)9-7-13/h3-9,15,18H,10H2,1-2H3. The Morgan fingerprint density at radius 2 is 1.56 bits per heavy atom. The zero-order valence-electron chi connectivity index (χ0n) is 10.7. The Morgan fingerprint density at radius 3 is 2.11 bits per heavy atom. The molecule has 1 nitrogen and oxygen atoms in total. The van der Waals surface area contributed by atoms with Gasteiger partial charge in [-0.25, -0.2) is 0 Å². The summed E-state index contributed by atoms with van der Waals surface area (Å²) in [6.07, 6.45) is 0.214. The van der Waals surface area contributed by atoms with E-state index in [-0.39, 0.29) is 0 Å². The lowest BCUT2D eigenvalue weighted by atomic mass is 9.94. The minimum atomic E-state index is -0.438. The third-order valence-corrected chi connectivity index (χ3v) is 3.75. The maximum Gasteiger partial charge on any atom is 0.0835 e. The monoisotopic (exact) mass is 304 g/mol. The highest BCUT2D eigenvalue weighted by molar-refractivity contribution is 9.10. The Kier molecular flexibility index (Phi) is 4.20. The SMILES string of the molecule is Cc1cccc(C)c1C(O)Cc1ccc(Br)cc1. The van der Waals surface area contributed by atoms with Gasteiger partial charge in [-0.1, -0.05) is 46.3 Å². The van der Waals surface area contributed by atoms with Crippen LogP contribution in [-0.4, -0.2) is 5.11 Å². The van der Waals surface area contributed by atoms with Gasteiger partial charge >= 0.3 is 0 Å². The van der Waals surface area contributed by atoms with Gasteiger partial charge in [0.2, 0.25) is 0 Å². The molecule has 0 bridgehead atoms. The smallest absolute Gasteiger partial charge is 0.0835 e. The van der Waals surface area contributed by atoms with Crippen molar-refractivity contribution in [2.75, 3.05) is 0 Å². The average molecular weight is 305 g/mol. The predicted molar refractivity (Wildman–Crippen MR) is 78.7 cm³/mol. The van der Waals surface area contributed by atoms with Crippen molar-refractivity contribution >= 4 is 15.9 Å². The van der Waals surface area contributed by atoms with Crippen molar-refractivity contribution in [3.8, 4) is 0 Å². The van der Waals surface area contributed by atoms with Crippen molar-refractivity contribution in [1.29, 1.82) is 0 Å². The van der Waals surface area contributed by atoms with E-state index >= 15 is 0 Å². The molecule has 0 spiro atoms. The Balaban J connectivity index is 2.22. The van der Waals surface area contributed by atoms with Crippen LogP contribution in [0.5, 0.6) is 0 Å². The lowest BCUT2D eigenvalue weighted by Crippen LogP contribution is -2.06. The zero-order chi connectivity index (χ0) is 13.1. The summed E-state index contributed by atoms with van der Waals surface area (Å²) in [5.74, 6) is 0. The molecule has 18 heavy (non-hydrogen) atoms. The number of hydrogen-bond acceptors (Lipinski definition) is 1. The van der Waals surface area contributed by atoms with E-state index in [1.54, 1.807) is 0 Å². The molecule has 0 heterocycles. The molecule has 0 amide bonds. The summed E-state index contributed by atoms with van der Waals surface area (Å²) in [5, 5.41) is 10.4. The molecule has 0 aromatic heterocycles. The topological polar surface area (TPSA) is 20.2 Å². The fourth-order valence-corrected chi connectivity index (χ4v) is 2.56. The molecule has 0 aliphatic rings. The molecular formula is C16H17BrO. The maximum absolute atomic E-state index is 10.4. The highest BCUT2D eigenvalue weighted by atomic mass is 79.9. The molecule has 1 N–H and O–H groups in total. The lowest BCUT2D eigenvalue weighted by Gasteiger charge is -2.16. The van der Waals surface area contributed by atoms with Gasteiger partial charge in [-0.3, -0.25) is 0 Å². The second-order valence-electron chi connectivity index (χ2n) is 4.65. The number of aliphatic hydroxyl groups excluding tert-OH is 1. The first-order valence-electron chi connectivity index (χ1n) is 6.06. The van der Waals surface area contributed by atoms with E-state index in [1.165, 1.54) is 0 Å². The molecule has 2 heteroatoms. The first-order chi connectivity index (χ1) is 8.58. The number of halogens is 1. The Hall–Kier alpha value is -1.12. The fraction of sp³-hybridized carbons (Fsp3) is 0.250. The fourth-order valence-electron chi connectivity index (χ4n) is 2.30. The van der Waals surface area contributed by atoms with E-state index in [9.17, 15) is 5.11 Å². The van der Waals surface area contributed by atoms with Gasteiger partial charge in [-0.2, -0.15) is 0 Å². The van der Waals surface area contributed by atoms with Gasteiger partial charge < -0.3 is 5.11 Å². The molecule has 1 atom stereocenters. The summed E-state index contributed by atoms with van der Waals surface area (Å²) >= 11 is 3.42. The van der Waals surface area contributed by atoms with Crippen LogP contribution < -0.4 is 0 Å². The molecule has 2 aromatic carbocycles. The Bertz CT molecular complexity index is 511. The van der Waals surface area contributed by atoms with E-state index in [2.05, 4.69) is 15.9 Å². The highest BCUT2D eigenvalue weighted by Gasteiger charge is 2.13. The van der Waals surface area contributed by atoms with Crippen molar-refractivity contribution in [2.45, 2.75) is 26.4 Å². The van der Waals surface area contributed by atoms with Gasteiger partial charge in [0.1, 0.15) is 0 Å². The van der Waals surface area contributed by atoms with Gasteiger partial charge in [0.05, 0.1) is 6.10 Å². The van der Waals surface area contributed by atoms with Gasteiger partial charge in [-0.05, 0) is 48.2 Å². The molecule has 1 unspecified atom stereocenters. The molecular weight excluding hydrogens is 288 g/mol. The minimum Gasteiger partial charge on any atom is -0.388 e. The Morgan fingerprint density at radius 1 is 1.00 bits per heavy atom. The van der Waals surface area contributed by atoms with Crippen molar-refractivity contribution in [3.63, 3.8) is 0 Å². The van der Waals surface area contributed by atoms with Crippen molar-refractivity contribution < 1.29 is 5.11 Å². The van der Waals surface area contributed by atoms with E-state index in [4.69, 9.17) is 0 Å². The van der Waals surface area contributed by atoms with Crippen molar-refractivity contribution in [1.82, 2.24) is 0 Å². The number of aliphatic hydroxyl groups is 1. The Labute approximate surface area is 117 Å². The largest absolute Gasteiger partial charge is 0.388 e. The minimum absolute atomic E-state index is 0.438. The second kappa shape index (κ2) is 5.68. The van der Waals surface area contributed by atoms with Crippen LogP contribution in [0.25, 0.3) is 0 Å². The van der Waals surface area contributed by atoms with Gasteiger partial charge in [0.15, 0.2) is 0 Å². The van der Waals surface area contributed by atoms with Gasteiger partial charge in [0.25, 0.3) is 0 Å². The molecule has 0 aliphatic heterocycles. The summed E-state index contributed by atoms with van der Waals surface area (Å²) in [7, 11) is 0. The van der Waals surface area contributed by atoms with Gasteiger partial charge in [-0.15, -0.1) is 0 Å². The van der Waals surface area contributed by atoms with Crippen LogP contribution in [0.2, 0.25) is 0 Å². The first-order valence-corrected chi connectivity index (χ1v) is 6.86. The van der Waals surface area contributed by atoms with Crippen LogP contribution in [0.3, 0.4) is 0 Å². The summed E-state index contributed by atoms with van der Waals surface area (Å²) in [6.45, 7) is 4.10. The van der Waals surface area contributed by atoms with E-state index in [1.807, 2.05) is 56.3 Å². The quantitative estimate of drug-likeness (QED) is 0.894. The second-order valence-corrected chi connectivity index (χ2v) is 5.57. The first kappa shape index (κ1) is 13.3. The molecule has 0 saturated heterocycles. The third-order valence-electron chi connectivity index (χ3n) is 3.22. The number of aryl methyl sites for hydroxylation is 2.